The summed E-state index contributed by atoms with van der Waals surface area (Å²) in [6.45, 7) is 3.78. The van der Waals surface area contributed by atoms with E-state index in [4.69, 9.17) is 0 Å². The minimum atomic E-state index is -0.511. The van der Waals surface area contributed by atoms with E-state index in [0.29, 0.717) is 12.8 Å². The molecule has 5 heteroatoms. The van der Waals surface area contributed by atoms with Gasteiger partial charge >= 0.3 is 0 Å². The normalized spacial score (nSPS) is 19.3. The molecule has 5 nitrogen and oxygen atoms in total. The Hall–Kier alpha value is -2.17. The van der Waals surface area contributed by atoms with Gasteiger partial charge in [0.2, 0.25) is 0 Å². The first-order chi connectivity index (χ1) is 8.99. The number of nitrogens with one attached hydrogen (secondary N) is 1. The van der Waals surface area contributed by atoms with Crippen molar-refractivity contribution < 1.29 is 9.59 Å². The maximum atomic E-state index is 12.0. The first-order valence-corrected chi connectivity index (χ1v) is 6.15. The van der Waals surface area contributed by atoms with Crippen LogP contribution < -0.4 is 10.9 Å². The molecule has 0 bridgehead atoms. The monoisotopic (exact) mass is 260 g/mol. The Balaban J connectivity index is 2.13. The number of aryl methyl sites for hydroxylation is 1. The molecule has 1 aromatic heterocycles. The average Bonchev–Trinajstić information content (AvgIpc) is 2.36. The lowest BCUT2D eigenvalue weighted by molar-refractivity contribution is -0.121. The van der Waals surface area contributed by atoms with Gasteiger partial charge in [-0.05, 0) is 25.0 Å². The largest absolute Gasteiger partial charge is 0.342 e. The zero-order valence-corrected chi connectivity index (χ0v) is 10.8. The van der Waals surface area contributed by atoms with Crippen molar-refractivity contribution in [3.8, 4) is 0 Å². The molecule has 0 aliphatic heterocycles. The number of carbonyl (C=O) groups is 2. The second-order valence-corrected chi connectivity index (χ2v) is 4.80. The quantitative estimate of drug-likeness (QED) is 0.799. The van der Waals surface area contributed by atoms with E-state index in [2.05, 4.69) is 11.9 Å². The predicted molar refractivity (Wildman–Crippen MR) is 70.9 cm³/mol. The highest BCUT2D eigenvalue weighted by Gasteiger charge is 2.26. The molecule has 1 aliphatic carbocycles. The number of aromatic nitrogens is 1. The van der Waals surface area contributed by atoms with Crippen LogP contribution in [-0.2, 0) is 11.8 Å². The summed E-state index contributed by atoms with van der Waals surface area (Å²) >= 11 is 0. The molecule has 0 saturated heterocycles. The molecule has 1 amide bonds. The van der Waals surface area contributed by atoms with Crippen molar-refractivity contribution in [3.05, 3.63) is 46.4 Å². The van der Waals surface area contributed by atoms with Crippen LogP contribution in [0.5, 0.6) is 0 Å². The van der Waals surface area contributed by atoms with E-state index in [1.54, 1.807) is 19.3 Å². The van der Waals surface area contributed by atoms with Crippen LogP contribution in [0.25, 0.3) is 0 Å². The number of Topliss-reactive ketones (excluding diaryl/α,β-unsaturated/α-hetero) is 1. The summed E-state index contributed by atoms with van der Waals surface area (Å²) in [4.78, 5) is 35.6. The molecule has 0 spiro atoms. The lowest BCUT2D eigenvalue weighted by atomic mass is 9.90. The topological polar surface area (TPSA) is 68.2 Å². The van der Waals surface area contributed by atoms with Crippen LogP contribution in [0.15, 0.2) is 35.3 Å². The van der Waals surface area contributed by atoms with E-state index in [9.17, 15) is 14.4 Å². The number of carbonyl (C=O) groups excluding carboxylic acids is 2. The van der Waals surface area contributed by atoms with E-state index in [0.717, 1.165) is 12.0 Å². The number of allylic oxidation sites excluding steroid dienone is 1. The Morgan fingerprint density at radius 2 is 2.21 bits per heavy atom. The first kappa shape index (κ1) is 13.3. The Morgan fingerprint density at radius 1 is 1.47 bits per heavy atom. The van der Waals surface area contributed by atoms with E-state index < -0.39 is 11.9 Å². The molecule has 19 heavy (non-hydrogen) atoms. The third-order valence-electron chi connectivity index (χ3n) is 3.27. The molecule has 1 atom stereocenters. The summed E-state index contributed by atoms with van der Waals surface area (Å²) < 4.78 is 1.33. The van der Waals surface area contributed by atoms with E-state index in [-0.39, 0.29) is 16.9 Å². The van der Waals surface area contributed by atoms with Crippen molar-refractivity contribution in [2.45, 2.75) is 25.3 Å². The molecular formula is C14H16N2O3. The average molecular weight is 260 g/mol. The summed E-state index contributed by atoms with van der Waals surface area (Å²) in [5, 5.41) is 2.63. The van der Waals surface area contributed by atoms with E-state index >= 15 is 0 Å². The molecule has 1 unspecified atom stereocenters. The van der Waals surface area contributed by atoms with E-state index in [1.807, 2.05) is 0 Å². The Labute approximate surface area is 110 Å². The number of hydrogen-bond acceptors (Lipinski definition) is 3. The molecule has 1 aromatic rings. The highest BCUT2D eigenvalue weighted by Crippen LogP contribution is 2.19. The lowest BCUT2D eigenvalue weighted by Crippen LogP contribution is -2.44. The Kier molecular flexibility index (Phi) is 3.64. The third kappa shape index (κ3) is 2.81. The molecule has 2 rings (SSSR count). The highest BCUT2D eigenvalue weighted by molar-refractivity contribution is 5.98. The van der Waals surface area contributed by atoms with Crippen molar-refractivity contribution in [1.82, 2.24) is 9.88 Å². The predicted octanol–water partition coefficient (Wildman–Crippen LogP) is 0.793. The molecule has 0 radical (unpaired) electrons. The van der Waals surface area contributed by atoms with Gasteiger partial charge in [0, 0.05) is 19.7 Å². The molecule has 1 aliphatic rings. The van der Waals surface area contributed by atoms with Gasteiger partial charge in [0.1, 0.15) is 5.56 Å². The zero-order chi connectivity index (χ0) is 14.0. The summed E-state index contributed by atoms with van der Waals surface area (Å²) in [7, 11) is 1.58. The fourth-order valence-electron chi connectivity index (χ4n) is 2.13. The summed E-state index contributed by atoms with van der Waals surface area (Å²) in [5.74, 6) is -0.538. The second kappa shape index (κ2) is 5.22. The fraction of sp³-hybridized carbons (Fsp3) is 0.357. The minimum absolute atomic E-state index is 0.0441. The molecule has 1 heterocycles. The van der Waals surface area contributed by atoms with Crippen molar-refractivity contribution in [2.24, 2.45) is 7.05 Å². The Morgan fingerprint density at radius 3 is 2.89 bits per heavy atom. The minimum Gasteiger partial charge on any atom is -0.342 e. The van der Waals surface area contributed by atoms with Gasteiger partial charge < -0.3 is 9.88 Å². The molecule has 0 aromatic carbocycles. The third-order valence-corrected chi connectivity index (χ3v) is 3.27. The molecule has 1 saturated carbocycles. The SMILES string of the molecule is C=C1CCC(NC(=O)c2cccn(C)c2=O)C(=O)C1. The summed E-state index contributed by atoms with van der Waals surface area (Å²) in [6, 6.07) is 2.58. The first-order valence-electron chi connectivity index (χ1n) is 6.15. The van der Waals surface area contributed by atoms with E-state index in [1.165, 1.54) is 10.6 Å². The van der Waals surface area contributed by atoms with Crippen molar-refractivity contribution in [1.29, 1.82) is 0 Å². The molecular weight excluding hydrogens is 244 g/mol. The maximum absolute atomic E-state index is 12.0. The van der Waals surface area contributed by atoms with Gasteiger partial charge in [-0.25, -0.2) is 0 Å². The lowest BCUT2D eigenvalue weighted by Gasteiger charge is -2.23. The van der Waals surface area contributed by atoms with Gasteiger partial charge in [-0.2, -0.15) is 0 Å². The molecule has 1 fully saturated rings. The molecule has 100 valence electrons. The zero-order valence-electron chi connectivity index (χ0n) is 10.8. The number of rotatable bonds is 2. The molecule has 1 N–H and O–H groups in total. The second-order valence-electron chi connectivity index (χ2n) is 4.80. The smallest absolute Gasteiger partial charge is 0.263 e. The fourth-order valence-corrected chi connectivity index (χ4v) is 2.13. The number of nitrogens with zero attached hydrogens (tertiary/aromatic N) is 1. The standard InChI is InChI=1S/C14H16N2O3/c1-9-5-6-11(12(17)8-9)15-13(18)10-4-3-7-16(2)14(10)19/h3-4,7,11H,1,5-6,8H2,2H3,(H,15,18). The van der Waals surface area contributed by atoms with Crippen LogP contribution in [-0.4, -0.2) is 22.3 Å². The van der Waals surface area contributed by atoms with Crippen molar-refractivity contribution in [2.75, 3.05) is 0 Å². The van der Waals surface area contributed by atoms with Crippen LogP contribution >= 0.6 is 0 Å². The van der Waals surface area contributed by atoms with Gasteiger partial charge in [-0.1, -0.05) is 12.2 Å². The Bertz CT molecular complexity index is 601. The number of hydrogen-bond donors (Lipinski definition) is 1. The van der Waals surface area contributed by atoms with Crippen LogP contribution in [0, 0.1) is 0 Å². The van der Waals surface area contributed by atoms with Gasteiger partial charge in [-0.15, -0.1) is 0 Å². The van der Waals surface area contributed by atoms with Gasteiger partial charge in [-0.3, -0.25) is 14.4 Å². The van der Waals surface area contributed by atoms with Crippen molar-refractivity contribution >= 4 is 11.7 Å². The summed E-state index contributed by atoms with van der Waals surface area (Å²) in [5.41, 5.74) is 0.584. The van der Waals surface area contributed by atoms with Crippen LogP contribution in [0.4, 0.5) is 0 Å². The maximum Gasteiger partial charge on any atom is 0.263 e. The summed E-state index contributed by atoms with van der Waals surface area (Å²) in [6.07, 6.45) is 3.16. The number of amides is 1. The van der Waals surface area contributed by atoms with Crippen molar-refractivity contribution in [3.63, 3.8) is 0 Å². The van der Waals surface area contributed by atoms with Crippen LogP contribution in [0.3, 0.4) is 0 Å². The van der Waals surface area contributed by atoms with Crippen LogP contribution in [0.1, 0.15) is 29.6 Å². The van der Waals surface area contributed by atoms with Gasteiger partial charge in [0.15, 0.2) is 5.78 Å². The number of pyridine rings is 1. The highest BCUT2D eigenvalue weighted by atomic mass is 16.2. The number of ketones is 1. The van der Waals surface area contributed by atoms with Crippen LogP contribution in [0.2, 0.25) is 0 Å². The van der Waals surface area contributed by atoms with Gasteiger partial charge in [0.05, 0.1) is 6.04 Å². The van der Waals surface area contributed by atoms with Gasteiger partial charge in [0.25, 0.3) is 11.5 Å².